The van der Waals surface area contributed by atoms with Gasteiger partial charge >= 0.3 is 5.97 Å². The van der Waals surface area contributed by atoms with Crippen molar-refractivity contribution in [2.45, 2.75) is 4.90 Å². The standard InChI is InChI=1S/C9H9BrO5S/c1-16(13,14)8-4-6(10)2-3-7(8)15-5-9(11)12/h2-4H,5H2,1H3,(H,11,12). The Morgan fingerprint density at radius 1 is 1.50 bits per heavy atom. The van der Waals surface area contributed by atoms with E-state index in [0.717, 1.165) is 6.26 Å². The molecule has 0 bridgehead atoms. The van der Waals surface area contributed by atoms with Crippen molar-refractivity contribution < 1.29 is 23.1 Å². The highest BCUT2D eigenvalue weighted by Gasteiger charge is 2.15. The van der Waals surface area contributed by atoms with Crippen molar-refractivity contribution in [2.24, 2.45) is 0 Å². The fourth-order valence-electron chi connectivity index (χ4n) is 1.03. The normalized spacial score (nSPS) is 11.1. The van der Waals surface area contributed by atoms with E-state index in [-0.39, 0.29) is 10.6 Å². The lowest BCUT2D eigenvalue weighted by Gasteiger charge is -2.08. The van der Waals surface area contributed by atoms with E-state index in [1.165, 1.54) is 12.1 Å². The van der Waals surface area contributed by atoms with Gasteiger partial charge in [-0.25, -0.2) is 13.2 Å². The zero-order valence-electron chi connectivity index (χ0n) is 8.31. The van der Waals surface area contributed by atoms with Crippen molar-refractivity contribution in [3.8, 4) is 5.75 Å². The van der Waals surface area contributed by atoms with Gasteiger partial charge in [-0.15, -0.1) is 0 Å². The van der Waals surface area contributed by atoms with Gasteiger partial charge in [-0.3, -0.25) is 0 Å². The molecule has 16 heavy (non-hydrogen) atoms. The van der Waals surface area contributed by atoms with Crippen molar-refractivity contribution >= 4 is 31.7 Å². The van der Waals surface area contributed by atoms with Gasteiger partial charge in [0.1, 0.15) is 10.6 Å². The second-order valence-electron chi connectivity index (χ2n) is 3.05. The van der Waals surface area contributed by atoms with Crippen LogP contribution in [0.3, 0.4) is 0 Å². The lowest BCUT2D eigenvalue weighted by molar-refractivity contribution is -0.139. The van der Waals surface area contributed by atoms with E-state index in [0.29, 0.717) is 4.47 Å². The monoisotopic (exact) mass is 308 g/mol. The molecule has 0 radical (unpaired) electrons. The Kier molecular flexibility index (Phi) is 3.93. The van der Waals surface area contributed by atoms with Crippen LogP contribution < -0.4 is 4.74 Å². The van der Waals surface area contributed by atoms with E-state index in [9.17, 15) is 13.2 Å². The fraction of sp³-hybridized carbons (Fsp3) is 0.222. The van der Waals surface area contributed by atoms with Crippen LogP contribution in [0, 0.1) is 0 Å². The third-order valence-corrected chi connectivity index (χ3v) is 3.27. The summed E-state index contributed by atoms with van der Waals surface area (Å²) >= 11 is 3.13. The first-order valence-electron chi connectivity index (χ1n) is 4.15. The maximum atomic E-state index is 11.4. The average molecular weight is 309 g/mol. The number of ether oxygens (including phenoxy) is 1. The van der Waals surface area contributed by atoms with Crippen LogP contribution >= 0.6 is 15.9 Å². The van der Waals surface area contributed by atoms with Crippen LogP contribution in [0.15, 0.2) is 27.6 Å². The molecule has 0 aliphatic rings. The van der Waals surface area contributed by atoms with Gasteiger partial charge in [-0.05, 0) is 18.2 Å². The van der Waals surface area contributed by atoms with Crippen LogP contribution in [0.25, 0.3) is 0 Å². The Morgan fingerprint density at radius 2 is 2.12 bits per heavy atom. The number of hydrogen-bond acceptors (Lipinski definition) is 4. The van der Waals surface area contributed by atoms with Gasteiger partial charge in [0.2, 0.25) is 0 Å². The number of benzene rings is 1. The molecule has 5 nitrogen and oxygen atoms in total. The van der Waals surface area contributed by atoms with Gasteiger partial charge in [0, 0.05) is 10.7 Å². The summed E-state index contributed by atoms with van der Waals surface area (Å²) in [7, 11) is -3.45. The number of aliphatic carboxylic acids is 1. The van der Waals surface area contributed by atoms with Gasteiger partial charge < -0.3 is 9.84 Å². The molecular weight excluding hydrogens is 300 g/mol. The van der Waals surface area contributed by atoms with Crippen molar-refractivity contribution in [2.75, 3.05) is 12.9 Å². The number of sulfone groups is 1. The van der Waals surface area contributed by atoms with Crippen molar-refractivity contribution in [3.05, 3.63) is 22.7 Å². The van der Waals surface area contributed by atoms with E-state index in [1.807, 2.05) is 0 Å². The third kappa shape index (κ3) is 3.49. The lowest BCUT2D eigenvalue weighted by Crippen LogP contribution is -2.11. The topological polar surface area (TPSA) is 80.7 Å². The van der Waals surface area contributed by atoms with Crippen molar-refractivity contribution in [1.82, 2.24) is 0 Å². The molecule has 0 aromatic heterocycles. The molecule has 1 aromatic carbocycles. The smallest absolute Gasteiger partial charge is 0.341 e. The van der Waals surface area contributed by atoms with Crippen LogP contribution in [-0.2, 0) is 14.6 Å². The van der Waals surface area contributed by atoms with Crippen molar-refractivity contribution in [1.29, 1.82) is 0 Å². The second-order valence-corrected chi connectivity index (χ2v) is 5.95. The number of rotatable bonds is 4. The summed E-state index contributed by atoms with van der Waals surface area (Å²) in [6, 6.07) is 4.35. The summed E-state index contributed by atoms with van der Waals surface area (Å²) in [5.41, 5.74) is 0. The first kappa shape index (κ1) is 13.0. The summed E-state index contributed by atoms with van der Waals surface area (Å²) in [4.78, 5) is 10.3. The predicted octanol–water partition coefficient (Wildman–Crippen LogP) is 1.32. The molecule has 0 aliphatic heterocycles. The second kappa shape index (κ2) is 4.84. The van der Waals surface area contributed by atoms with E-state index in [2.05, 4.69) is 15.9 Å². The summed E-state index contributed by atoms with van der Waals surface area (Å²) in [6.07, 6.45) is 1.03. The lowest BCUT2D eigenvalue weighted by atomic mass is 10.3. The Balaban J connectivity index is 3.13. The van der Waals surface area contributed by atoms with E-state index < -0.39 is 22.4 Å². The largest absolute Gasteiger partial charge is 0.481 e. The van der Waals surface area contributed by atoms with E-state index >= 15 is 0 Å². The van der Waals surface area contributed by atoms with Gasteiger partial charge in [0.15, 0.2) is 16.4 Å². The third-order valence-electron chi connectivity index (χ3n) is 1.66. The van der Waals surface area contributed by atoms with Gasteiger partial charge in [0.25, 0.3) is 0 Å². The summed E-state index contributed by atoms with van der Waals surface area (Å²) in [5, 5.41) is 8.44. The molecule has 7 heteroatoms. The minimum Gasteiger partial charge on any atom is -0.481 e. The Bertz CT molecular complexity index is 509. The quantitative estimate of drug-likeness (QED) is 0.907. The minimum absolute atomic E-state index is 0.0353. The van der Waals surface area contributed by atoms with Gasteiger partial charge in [-0.1, -0.05) is 15.9 Å². The molecule has 0 saturated heterocycles. The van der Waals surface area contributed by atoms with Crippen molar-refractivity contribution in [3.63, 3.8) is 0 Å². The molecule has 0 atom stereocenters. The Labute approximate surface area is 101 Å². The van der Waals surface area contributed by atoms with Crippen LogP contribution in [0.4, 0.5) is 0 Å². The molecular formula is C9H9BrO5S. The molecule has 1 rings (SSSR count). The van der Waals surface area contributed by atoms with Gasteiger partial charge in [0.05, 0.1) is 0 Å². The first-order valence-corrected chi connectivity index (χ1v) is 6.83. The number of halogens is 1. The molecule has 0 spiro atoms. The number of carbonyl (C=O) groups is 1. The molecule has 0 amide bonds. The van der Waals surface area contributed by atoms with Crippen LogP contribution in [-0.4, -0.2) is 32.4 Å². The molecule has 1 aromatic rings. The van der Waals surface area contributed by atoms with E-state index in [4.69, 9.17) is 9.84 Å². The zero-order chi connectivity index (χ0) is 12.3. The van der Waals surface area contributed by atoms with Crippen LogP contribution in [0.2, 0.25) is 0 Å². The maximum absolute atomic E-state index is 11.4. The summed E-state index contributed by atoms with van der Waals surface area (Å²) in [5.74, 6) is -1.13. The molecule has 1 N–H and O–H groups in total. The molecule has 0 aliphatic carbocycles. The van der Waals surface area contributed by atoms with Gasteiger partial charge in [-0.2, -0.15) is 0 Å². The minimum atomic E-state index is -3.45. The highest BCUT2D eigenvalue weighted by atomic mass is 79.9. The van der Waals surface area contributed by atoms with E-state index in [1.54, 1.807) is 6.07 Å². The summed E-state index contributed by atoms with van der Waals surface area (Å²) < 4.78 is 28.3. The van der Waals surface area contributed by atoms with Crippen LogP contribution in [0.1, 0.15) is 0 Å². The molecule has 0 heterocycles. The number of carboxylic acid groups (broad SMARTS) is 1. The number of carboxylic acids is 1. The highest BCUT2D eigenvalue weighted by molar-refractivity contribution is 9.10. The molecule has 0 unspecified atom stereocenters. The fourth-order valence-corrected chi connectivity index (χ4v) is 2.38. The molecule has 88 valence electrons. The van der Waals surface area contributed by atoms with Crippen LogP contribution in [0.5, 0.6) is 5.75 Å². The highest BCUT2D eigenvalue weighted by Crippen LogP contribution is 2.27. The summed E-state index contributed by atoms with van der Waals surface area (Å²) in [6.45, 7) is -0.579. The first-order chi connectivity index (χ1) is 7.30. The number of hydrogen-bond donors (Lipinski definition) is 1. The zero-order valence-corrected chi connectivity index (χ0v) is 10.7. The molecule has 0 fully saturated rings. The maximum Gasteiger partial charge on any atom is 0.341 e. The average Bonchev–Trinajstić information content (AvgIpc) is 2.14. The molecule has 0 saturated carbocycles. The predicted molar refractivity (Wildman–Crippen MR) is 60.4 cm³/mol. The SMILES string of the molecule is CS(=O)(=O)c1cc(Br)ccc1OCC(=O)O. The Hall–Kier alpha value is -1.08. The Morgan fingerprint density at radius 3 is 2.62 bits per heavy atom.